The summed E-state index contributed by atoms with van der Waals surface area (Å²) in [4.78, 5) is 29.2. The molecule has 6 heteroatoms. The van der Waals surface area contributed by atoms with Crippen LogP contribution in [0.3, 0.4) is 0 Å². The van der Waals surface area contributed by atoms with Gasteiger partial charge in [-0.25, -0.2) is 0 Å². The molecule has 0 atom stereocenters. The van der Waals surface area contributed by atoms with Crippen molar-refractivity contribution in [2.75, 3.05) is 12.0 Å². The SMILES string of the molecule is CSCCn1c(=NC(=O)c2ccc(C(C)=O)cc2)sc2cc(C)c(C)cc21. The van der Waals surface area contributed by atoms with E-state index in [1.54, 1.807) is 47.4 Å². The summed E-state index contributed by atoms with van der Waals surface area (Å²) in [5, 5.41) is 0. The molecule has 4 nitrogen and oxygen atoms in total. The molecule has 0 aliphatic carbocycles. The zero-order valence-corrected chi connectivity index (χ0v) is 17.5. The second kappa shape index (κ2) is 8.23. The molecule has 0 aliphatic heterocycles. The van der Waals surface area contributed by atoms with Gasteiger partial charge in [0.15, 0.2) is 10.6 Å². The van der Waals surface area contributed by atoms with E-state index in [2.05, 4.69) is 41.8 Å². The fourth-order valence-electron chi connectivity index (χ4n) is 2.80. The summed E-state index contributed by atoms with van der Waals surface area (Å²) in [5.41, 5.74) is 4.67. The number of hydrogen-bond donors (Lipinski definition) is 0. The van der Waals surface area contributed by atoms with Gasteiger partial charge in [-0.1, -0.05) is 23.5 Å². The molecule has 27 heavy (non-hydrogen) atoms. The maximum Gasteiger partial charge on any atom is 0.279 e. The first-order valence-corrected chi connectivity index (χ1v) is 10.9. The Kier molecular flexibility index (Phi) is 5.97. The Morgan fingerprint density at radius 2 is 1.70 bits per heavy atom. The maximum atomic E-state index is 12.7. The van der Waals surface area contributed by atoms with Crippen molar-refractivity contribution in [2.45, 2.75) is 27.3 Å². The highest BCUT2D eigenvalue weighted by Gasteiger charge is 2.11. The molecule has 0 aliphatic rings. The van der Waals surface area contributed by atoms with E-state index < -0.39 is 0 Å². The van der Waals surface area contributed by atoms with E-state index in [1.807, 2.05) is 0 Å². The van der Waals surface area contributed by atoms with Gasteiger partial charge in [0, 0.05) is 23.4 Å². The standard InChI is InChI=1S/C21H22N2O2S2/c1-13-11-18-19(12-14(13)2)27-21(23(18)9-10-26-4)22-20(25)17-7-5-16(6-8-17)15(3)24/h5-8,11-12H,9-10H2,1-4H3. The summed E-state index contributed by atoms with van der Waals surface area (Å²) in [7, 11) is 0. The number of thioether (sulfide) groups is 1. The van der Waals surface area contributed by atoms with Gasteiger partial charge >= 0.3 is 0 Å². The maximum absolute atomic E-state index is 12.7. The van der Waals surface area contributed by atoms with Crippen molar-refractivity contribution in [3.63, 3.8) is 0 Å². The summed E-state index contributed by atoms with van der Waals surface area (Å²) in [5.74, 6) is 0.645. The minimum absolute atomic E-state index is 0.0175. The summed E-state index contributed by atoms with van der Waals surface area (Å²) >= 11 is 3.31. The number of Topliss-reactive ketones (excluding diaryl/α,β-unsaturated/α-hetero) is 1. The Labute approximate surface area is 167 Å². The third-order valence-electron chi connectivity index (χ3n) is 4.55. The summed E-state index contributed by atoms with van der Waals surface area (Å²) < 4.78 is 3.27. The Hall–Kier alpha value is -2.18. The molecule has 0 bridgehead atoms. The highest BCUT2D eigenvalue weighted by atomic mass is 32.2. The predicted octanol–water partition coefficient (Wildman–Crippen LogP) is 4.63. The van der Waals surface area contributed by atoms with Crippen molar-refractivity contribution in [3.8, 4) is 0 Å². The molecular formula is C21H22N2O2S2. The molecule has 0 radical (unpaired) electrons. The monoisotopic (exact) mass is 398 g/mol. The Bertz CT molecular complexity index is 1080. The first kappa shape index (κ1) is 19.6. The zero-order chi connectivity index (χ0) is 19.6. The molecule has 1 amide bonds. The fourth-order valence-corrected chi connectivity index (χ4v) is 4.30. The van der Waals surface area contributed by atoms with E-state index in [1.165, 1.54) is 18.1 Å². The van der Waals surface area contributed by atoms with Crippen LogP contribution < -0.4 is 4.80 Å². The van der Waals surface area contributed by atoms with E-state index in [9.17, 15) is 9.59 Å². The van der Waals surface area contributed by atoms with Gasteiger partial charge < -0.3 is 4.57 Å². The van der Waals surface area contributed by atoms with Crippen molar-refractivity contribution in [3.05, 3.63) is 63.5 Å². The van der Waals surface area contributed by atoms with Crippen molar-refractivity contribution in [1.29, 1.82) is 0 Å². The molecule has 2 aromatic carbocycles. The first-order valence-electron chi connectivity index (χ1n) is 8.70. The Balaban J connectivity index is 2.08. The van der Waals surface area contributed by atoms with Gasteiger partial charge in [0.1, 0.15) is 0 Å². The van der Waals surface area contributed by atoms with Crippen molar-refractivity contribution >= 4 is 45.0 Å². The van der Waals surface area contributed by atoms with Crippen LogP contribution in [0.4, 0.5) is 0 Å². The zero-order valence-electron chi connectivity index (χ0n) is 15.9. The largest absolute Gasteiger partial charge is 0.315 e. The summed E-state index contributed by atoms with van der Waals surface area (Å²) in [6.45, 7) is 6.51. The quantitative estimate of drug-likeness (QED) is 0.589. The molecule has 0 saturated heterocycles. The minimum atomic E-state index is -0.289. The summed E-state index contributed by atoms with van der Waals surface area (Å²) in [6, 6.07) is 11.0. The predicted molar refractivity (Wildman–Crippen MR) is 114 cm³/mol. The molecule has 0 unspecified atom stereocenters. The molecule has 3 rings (SSSR count). The number of fused-ring (bicyclic) bond motifs is 1. The van der Waals surface area contributed by atoms with Crippen LogP contribution in [0.15, 0.2) is 41.4 Å². The number of rotatable bonds is 5. The molecule has 0 N–H and O–H groups in total. The number of nitrogens with zero attached hydrogens (tertiary/aromatic N) is 2. The van der Waals surface area contributed by atoms with Gasteiger partial charge in [-0.05, 0) is 62.4 Å². The lowest BCUT2D eigenvalue weighted by Crippen LogP contribution is -2.18. The summed E-state index contributed by atoms with van der Waals surface area (Å²) in [6.07, 6.45) is 2.07. The van der Waals surface area contributed by atoms with Gasteiger partial charge in [-0.3, -0.25) is 9.59 Å². The molecule has 0 spiro atoms. The average Bonchev–Trinajstić information content (AvgIpc) is 2.96. The van der Waals surface area contributed by atoms with Crippen LogP contribution in [0.25, 0.3) is 10.2 Å². The molecule has 1 aromatic heterocycles. The number of aromatic nitrogens is 1. The van der Waals surface area contributed by atoms with Crippen molar-refractivity contribution < 1.29 is 9.59 Å². The normalized spacial score (nSPS) is 11.9. The molecule has 3 aromatic rings. The number of hydrogen-bond acceptors (Lipinski definition) is 4. The second-order valence-corrected chi connectivity index (χ2v) is 8.48. The van der Waals surface area contributed by atoms with Crippen molar-refractivity contribution in [2.24, 2.45) is 4.99 Å². The third kappa shape index (κ3) is 4.22. The van der Waals surface area contributed by atoms with E-state index in [0.717, 1.165) is 22.5 Å². The van der Waals surface area contributed by atoms with Crippen LogP contribution in [0, 0.1) is 13.8 Å². The lowest BCUT2D eigenvalue weighted by Gasteiger charge is -2.06. The van der Waals surface area contributed by atoms with E-state index >= 15 is 0 Å². The smallest absolute Gasteiger partial charge is 0.279 e. The number of carbonyl (C=O) groups is 2. The lowest BCUT2D eigenvalue weighted by atomic mass is 10.1. The number of amides is 1. The van der Waals surface area contributed by atoms with Crippen LogP contribution in [0.5, 0.6) is 0 Å². The lowest BCUT2D eigenvalue weighted by molar-refractivity contribution is 0.0991. The Morgan fingerprint density at radius 1 is 1.07 bits per heavy atom. The third-order valence-corrected chi connectivity index (χ3v) is 6.18. The minimum Gasteiger partial charge on any atom is -0.315 e. The van der Waals surface area contributed by atoms with Gasteiger partial charge in [-0.15, -0.1) is 0 Å². The number of thiazole rings is 1. The molecule has 1 heterocycles. The van der Waals surface area contributed by atoms with Gasteiger partial charge in [-0.2, -0.15) is 16.8 Å². The second-order valence-electron chi connectivity index (χ2n) is 6.48. The van der Waals surface area contributed by atoms with E-state index in [0.29, 0.717) is 15.9 Å². The van der Waals surface area contributed by atoms with Crippen LogP contribution in [0.1, 0.15) is 38.8 Å². The van der Waals surface area contributed by atoms with Crippen molar-refractivity contribution in [1.82, 2.24) is 4.57 Å². The van der Waals surface area contributed by atoms with Crippen LogP contribution in [-0.4, -0.2) is 28.3 Å². The molecule has 0 fully saturated rings. The molecular weight excluding hydrogens is 376 g/mol. The van der Waals surface area contributed by atoms with E-state index in [-0.39, 0.29) is 11.7 Å². The highest BCUT2D eigenvalue weighted by Crippen LogP contribution is 2.22. The number of aryl methyl sites for hydroxylation is 3. The number of benzene rings is 2. The first-order chi connectivity index (χ1) is 12.9. The number of ketones is 1. The fraction of sp³-hybridized carbons (Fsp3) is 0.286. The van der Waals surface area contributed by atoms with Gasteiger partial charge in [0.05, 0.1) is 10.2 Å². The molecule has 140 valence electrons. The van der Waals surface area contributed by atoms with Crippen LogP contribution in [0.2, 0.25) is 0 Å². The van der Waals surface area contributed by atoms with Crippen LogP contribution in [-0.2, 0) is 6.54 Å². The Morgan fingerprint density at radius 3 is 2.33 bits per heavy atom. The molecule has 0 saturated carbocycles. The van der Waals surface area contributed by atoms with E-state index in [4.69, 9.17) is 0 Å². The average molecular weight is 399 g/mol. The van der Waals surface area contributed by atoms with Crippen LogP contribution >= 0.6 is 23.1 Å². The highest BCUT2D eigenvalue weighted by molar-refractivity contribution is 7.98. The topological polar surface area (TPSA) is 51.4 Å². The van der Waals surface area contributed by atoms with Gasteiger partial charge in [0.25, 0.3) is 5.91 Å². The number of carbonyl (C=O) groups excluding carboxylic acids is 2. The van der Waals surface area contributed by atoms with Gasteiger partial charge in [0.2, 0.25) is 0 Å².